The molecular weight excluding hydrogens is 284 g/mol. The summed E-state index contributed by atoms with van der Waals surface area (Å²) in [6.07, 6.45) is 3.65. The maximum absolute atomic E-state index is 12.3. The van der Waals surface area contributed by atoms with Crippen LogP contribution in [0.5, 0.6) is 0 Å². The molecule has 2 aromatic rings. The number of urea groups is 1. The fraction of sp³-hybridized carbons (Fsp3) is 0.350. The molecule has 3 heteroatoms. The van der Waals surface area contributed by atoms with Crippen LogP contribution in [-0.4, -0.2) is 6.03 Å². The molecule has 23 heavy (non-hydrogen) atoms. The second-order valence-electron chi connectivity index (χ2n) is 6.39. The van der Waals surface area contributed by atoms with Crippen molar-refractivity contribution in [3.8, 4) is 0 Å². The Balaban J connectivity index is 1.58. The lowest BCUT2D eigenvalue weighted by Gasteiger charge is -2.34. The Morgan fingerprint density at radius 2 is 1.78 bits per heavy atom. The summed E-state index contributed by atoms with van der Waals surface area (Å²) in [5, 5.41) is 6.14. The van der Waals surface area contributed by atoms with Gasteiger partial charge in [-0.05, 0) is 36.8 Å². The number of aryl methyl sites for hydroxylation is 1. The molecule has 3 nitrogen and oxygen atoms in total. The van der Waals surface area contributed by atoms with Crippen molar-refractivity contribution in [3.05, 3.63) is 71.3 Å². The normalized spacial score (nSPS) is 15.5. The Labute approximate surface area is 138 Å². The van der Waals surface area contributed by atoms with Gasteiger partial charge in [-0.25, -0.2) is 4.79 Å². The van der Waals surface area contributed by atoms with E-state index in [-0.39, 0.29) is 12.1 Å². The molecule has 1 atom stereocenters. The first kappa shape index (κ1) is 15.6. The third-order valence-corrected chi connectivity index (χ3v) is 4.64. The third-order valence-electron chi connectivity index (χ3n) is 4.64. The molecule has 0 aliphatic heterocycles. The molecule has 0 bridgehead atoms. The van der Waals surface area contributed by atoms with Gasteiger partial charge in [-0.1, -0.05) is 66.6 Å². The summed E-state index contributed by atoms with van der Waals surface area (Å²) in [5.41, 5.74) is 3.54. The van der Waals surface area contributed by atoms with Gasteiger partial charge in [0.2, 0.25) is 0 Å². The van der Waals surface area contributed by atoms with Crippen molar-refractivity contribution >= 4 is 6.03 Å². The minimum absolute atomic E-state index is 0.0914. The molecule has 0 spiro atoms. The van der Waals surface area contributed by atoms with Gasteiger partial charge in [0.1, 0.15) is 0 Å². The highest BCUT2D eigenvalue weighted by atomic mass is 16.2. The van der Waals surface area contributed by atoms with E-state index >= 15 is 0 Å². The van der Waals surface area contributed by atoms with Gasteiger partial charge in [-0.2, -0.15) is 0 Å². The van der Waals surface area contributed by atoms with E-state index in [1.807, 2.05) is 18.2 Å². The number of carbonyl (C=O) groups excluding carboxylic acids is 1. The van der Waals surface area contributed by atoms with Gasteiger partial charge in [0.25, 0.3) is 0 Å². The van der Waals surface area contributed by atoms with Crippen LogP contribution in [0.25, 0.3) is 0 Å². The van der Waals surface area contributed by atoms with E-state index in [2.05, 4.69) is 54.0 Å². The fourth-order valence-corrected chi connectivity index (χ4v) is 2.99. The molecule has 120 valence electrons. The molecule has 0 radical (unpaired) electrons. The summed E-state index contributed by atoms with van der Waals surface area (Å²) in [6.45, 7) is 2.62. The Bertz CT molecular complexity index is 632. The predicted octanol–water partition coefficient (Wildman–Crippen LogP) is 4.34. The van der Waals surface area contributed by atoms with Gasteiger partial charge in [0.15, 0.2) is 0 Å². The van der Waals surface area contributed by atoms with Crippen LogP contribution >= 0.6 is 0 Å². The molecule has 0 heterocycles. The zero-order valence-electron chi connectivity index (χ0n) is 13.6. The van der Waals surface area contributed by atoms with Crippen LogP contribution < -0.4 is 10.6 Å². The average Bonchev–Trinajstić information content (AvgIpc) is 2.53. The van der Waals surface area contributed by atoms with Crippen LogP contribution in [0.4, 0.5) is 4.79 Å². The zero-order valence-corrected chi connectivity index (χ0v) is 13.6. The van der Waals surface area contributed by atoms with Gasteiger partial charge in [0, 0.05) is 6.54 Å². The van der Waals surface area contributed by atoms with Gasteiger partial charge in [0.05, 0.1) is 6.04 Å². The van der Waals surface area contributed by atoms with Gasteiger partial charge < -0.3 is 10.6 Å². The number of rotatable bonds is 5. The molecule has 2 amide bonds. The Kier molecular flexibility index (Phi) is 4.96. The summed E-state index contributed by atoms with van der Waals surface area (Å²) in [5.74, 6) is 0.558. The summed E-state index contributed by atoms with van der Waals surface area (Å²) in [4.78, 5) is 12.3. The van der Waals surface area contributed by atoms with Crippen LogP contribution in [0.1, 0.15) is 42.0 Å². The Morgan fingerprint density at radius 3 is 2.39 bits per heavy atom. The van der Waals surface area contributed by atoms with E-state index in [0.717, 1.165) is 5.56 Å². The number of hydrogen-bond acceptors (Lipinski definition) is 1. The van der Waals surface area contributed by atoms with Crippen LogP contribution in [-0.2, 0) is 6.54 Å². The zero-order chi connectivity index (χ0) is 16.1. The molecule has 1 aliphatic rings. The molecule has 0 aromatic heterocycles. The molecule has 1 fully saturated rings. The first-order valence-corrected chi connectivity index (χ1v) is 8.37. The highest BCUT2D eigenvalue weighted by Gasteiger charge is 2.29. The molecule has 3 rings (SSSR count). The molecule has 1 saturated carbocycles. The quantitative estimate of drug-likeness (QED) is 0.848. The van der Waals surface area contributed by atoms with Crippen molar-refractivity contribution < 1.29 is 4.79 Å². The lowest BCUT2D eigenvalue weighted by atomic mass is 9.77. The molecule has 1 unspecified atom stereocenters. The van der Waals surface area contributed by atoms with Crippen molar-refractivity contribution in [3.63, 3.8) is 0 Å². The molecule has 2 aromatic carbocycles. The lowest BCUT2D eigenvalue weighted by Crippen LogP contribution is -2.41. The Morgan fingerprint density at radius 1 is 1.09 bits per heavy atom. The first-order chi connectivity index (χ1) is 11.2. The Hall–Kier alpha value is -2.29. The topological polar surface area (TPSA) is 41.1 Å². The molecule has 1 aliphatic carbocycles. The van der Waals surface area contributed by atoms with E-state index < -0.39 is 0 Å². The van der Waals surface area contributed by atoms with Crippen LogP contribution in [0.15, 0.2) is 54.6 Å². The van der Waals surface area contributed by atoms with E-state index in [4.69, 9.17) is 0 Å². The van der Waals surface area contributed by atoms with Gasteiger partial charge >= 0.3 is 6.03 Å². The van der Waals surface area contributed by atoms with Crippen LogP contribution in [0.2, 0.25) is 0 Å². The number of amides is 2. The van der Waals surface area contributed by atoms with Crippen molar-refractivity contribution in [2.24, 2.45) is 5.92 Å². The maximum Gasteiger partial charge on any atom is 0.315 e. The van der Waals surface area contributed by atoms with E-state index in [9.17, 15) is 4.79 Å². The third kappa shape index (κ3) is 4.13. The SMILES string of the molecule is Cc1ccc(CNC(=O)NC(c2ccccc2)C2CCC2)cc1. The van der Waals surface area contributed by atoms with E-state index in [1.165, 1.54) is 30.4 Å². The molecular formula is C20H24N2O. The lowest BCUT2D eigenvalue weighted by molar-refractivity contribution is 0.207. The summed E-state index contributed by atoms with van der Waals surface area (Å²) < 4.78 is 0. The smallest absolute Gasteiger partial charge is 0.315 e. The second-order valence-corrected chi connectivity index (χ2v) is 6.39. The van der Waals surface area contributed by atoms with Gasteiger partial charge in [-0.15, -0.1) is 0 Å². The summed E-state index contributed by atoms with van der Waals surface area (Å²) in [6, 6.07) is 18.5. The van der Waals surface area contributed by atoms with Crippen molar-refractivity contribution in [2.45, 2.75) is 38.8 Å². The second kappa shape index (κ2) is 7.32. The average molecular weight is 308 g/mol. The van der Waals surface area contributed by atoms with Crippen LogP contribution in [0, 0.1) is 12.8 Å². The number of hydrogen-bond donors (Lipinski definition) is 2. The number of nitrogens with one attached hydrogen (secondary N) is 2. The minimum atomic E-state index is -0.0914. The van der Waals surface area contributed by atoms with Crippen molar-refractivity contribution in [2.75, 3.05) is 0 Å². The van der Waals surface area contributed by atoms with Crippen molar-refractivity contribution in [1.82, 2.24) is 10.6 Å². The maximum atomic E-state index is 12.3. The molecule has 2 N–H and O–H groups in total. The first-order valence-electron chi connectivity index (χ1n) is 8.37. The van der Waals surface area contributed by atoms with E-state index in [0.29, 0.717) is 12.5 Å². The van der Waals surface area contributed by atoms with Crippen molar-refractivity contribution in [1.29, 1.82) is 0 Å². The fourth-order valence-electron chi connectivity index (χ4n) is 2.99. The number of benzene rings is 2. The van der Waals surface area contributed by atoms with Crippen LogP contribution in [0.3, 0.4) is 0 Å². The summed E-state index contributed by atoms with van der Waals surface area (Å²) >= 11 is 0. The minimum Gasteiger partial charge on any atom is -0.334 e. The highest BCUT2D eigenvalue weighted by molar-refractivity contribution is 5.74. The highest BCUT2D eigenvalue weighted by Crippen LogP contribution is 2.37. The molecule has 0 saturated heterocycles. The number of carbonyl (C=O) groups is 1. The van der Waals surface area contributed by atoms with Gasteiger partial charge in [-0.3, -0.25) is 0 Å². The largest absolute Gasteiger partial charge is 0.334 e. The standard InChI is InChI=1S/C20H24N2O/c1-15-10-12-16(13-11-15)14-21-20(23)22-19(18-8-5-9-18)17-6-3-2-4-7-17/h2-4,6-7,10-13,18-19H,5,8-9,14H2,1H3,(H2,21,22,23). The van der Waals surface area contributed by atoms with E-state index in [1.54, 1.807) is 0 Å². The summed E-state index contributed by atoms with van der Waals surface area (Å²) in [7, 11) is 0. The predicted molar refractivity (Wildman–Crippen MR) is 93.1 cm³/mol. The monoisotopic (exact) mass is 308 g/mol.